The average molecular weight is 404 g/mol. The van der Waals surface area contributed by atoms with E-state index in [9.17, 15) is 0 Å². The second-order valence-corrected chi connectivity index (χ2v) is 7.12. The summed E-state index contributed by atoms with van der Waals surface area (Å²) in [5.74, 6) is 1.33. The molecule has 0 bridgehead atoms. The van der Waals surface area contributed by atoms with Gasteiger partial charge in [0.15, 0.2) is 5.65 Å². The van der Waals surface area contributed by atoms with Crippen LogP contribution in [-0.2, 0) is 6.54 Å². The molecule has 1 fully saturated rings. The third-order valence-electron chi connectivity index (χ3n) is 4.80. The number of aromatic nitrogens is 5. The van der Waals surface area contributed by atoms with Crippen molar-refractivity contribution in [2.24, 2.45) is 0 Å². The van der Waals surface area contributed by atoms with Gasteiger partial charge in [-0.2, -0.15) is 14.7 Å². The summed E-state index contributed by atoms with van der Waals surface area (Å²) in [6.45, 7) is 4.97. The molecule has 132 valence electrons. The number of anilines is 1. The Kier molecular flexibility index (Phi) is 4.47. The van der Waals surface area contributed by atoms with E-state index in [-0.39, 0.29) is 0 Å². The number of piperidine rings is 1. The maximum Gasteiger partial charge on any atom is 0.165 e. The molecule has 3 aromatic rings. The summed E-state index contributed by atoms with van der Waals surface area (Å²) >= 11 is 3.75. The van der Waals surface area contributed by atoms with Crippen LogP contribution in [0.4, 0.5) is 5.82 Å². The van der Waals surface area contributed by atoms with Gasteiger partial charge in [-0.15, -0.1) is 0 Å². The molecular formula is C17H22BrN7. The van der Waals surface area contributed by atoms with Gasteiger partial charge in [0.2, 0.25) is 0 Å². The summed E-state index contributed by atoms with van der Waals surface area (Å²) in [5, 5.41) is 15.7. The smallest absolute Gasteiger partial charge is 0.165 e. The molecule has 1 aliphatic rings. The molecule has 7 nitrogen and oxygen atoms in total. The van der Waals surface area contributed by atoms with Gasteiger partial charge in [0.1, 0.15) is 5.82 Å². The normalized spacial score (nSPS) is 18.0. The molecule has 0 saturated carbocycles. The van der Waals surface area contributed by atoms with Crippen molar-refractivity contribution in [2.45, 2.75) is 32.2 Å². The maximum absolute atomic E-state index is 5.02. The lowest BCUT2D eigenvalue weighted by atomic mass is 9.96. The van der Waals surface area contributed by atoms with Crippen LogP contribution in [0.1, 0.15) is 31.4 Å². The Hall–Kier alpha value is -1.93. The summed E-state index contributed by atoms with van der Waals surface area (Å²) in [5.41, 5.74) is 4.01. The summed E-state index contributed by atoms with van der Waals surface area (Å²) < 4.78 is 4.78. The zero-order chi connectivity index (χ0) is 17.4. The van der Waals surface area contributed by atoms with Crippen LogP contribution in [0.2, 0.25) is 0 Å². The third kappa shape index (κ3) is 2.83. The highest BCUT2D eigenvalue weighted by molar-refractivity contribution is 9.10. The van der Waals surface area contributed by atoms with E-state index < -0.39 is 0 Å². The van der Waals surface area contributed by atoms with Gasteiger partial charge in [0.25, 0.3) is 0 Å². The van der Waals surface area contributed by atoms with E-state index in [0.29, 0.717) is 5.92 Å². The Bertz CT molecular complexity index is 892. The minimum Gasteiger partial charge on any atom is -0.372 e. The fourth-order valence-electron chi connectivity index (χ4n) is 3.44. The second-order valence-electron chi connectivity index (χ2n) is 6.33. The van der Waals surface area contributed by atoms with Gasteiger partial charge in [-0.05, 0) is 42.2 Å². The number of halogens is 1. The molecule has 1 saturated heterocycles. The first-order chi connectivity index (χ1) is 12.2. The molecule has 1 atom stereocenters. The van der Waals surface area contributed by atoms with E-state index in [0.717, 1.165) is 58.8 Å². The van der Waals surface area contributed by atoms with E-state index in [1.54, 1.807) is 0 Å². The quantitative estimate of drug-likeness (QED) is 0.700. The Morgan fingerprint density at radius 1 is 1.36 bits per heavy atom. The average Bonchev–Trinajstić information content (AvgIpc) is 3.28. The van der Waals surface area contributed by atoms with Gasteiger partial charge in [-0.1, -0.05) is 0 Å². The number of fused-ring (bicyclic) bond motifs is 1. The van der Waals surface area contributed by atoms with Gasteiger partial charge in [-0.25, -0.2) is 4.98 Å². The van der Waals surface area contributed by atoms with E-state index in [1.165, 1.54) is 6.42 Å². The molecule has 0 amide bonds. The summed E-state index contributed by atoms with van der Waals surface area (Å²) in [4.78, 5) is 5.02. The number of nitrogens with one attached hydrogen (secondary N) is 2. The molecule has 1 aliphatic heterocycles. The fourth-order valence-corrected chi connectivity index (χ4v) is 4.22. The van der Waals surface area contributed by atoms with Gasteiger partial charge >= 0.3 is 0 Å². The van der Waals surface area contributed by atoms with Crippen molar-refractivity contribution in [3.63, 3.8) is 0 Å². The second kappa shape index (κ2) is 6.76. The number of hydrogen-bond acceptors (Lipinski definition) is 5. The lowest BCUT2D eigenvalue weighted by Crippen LogP contribution is -2.29. The fraction of sp³-hybridized carbons (Fsp3) is 0.471. The summed E-state index contributed by atoms with van der Waals surface area (Å²) in [6.07, 6.45) is 8.12. The first-order valence-electron chi connectivity index (χ1n) is 8.71. The summed E-state index contributed by atoms with van der Waals surface area (Å²) in [6, 6.07) is 0. The monoisotopic (exact) mass is 403 g/mol. The molecule has 4 heterocycles. The predicted molar refractivity (Wildman–Crippen MR) is 102 cm³/mol. The zero-order valence-electron chi connectivity index (χ0n) is 14.5. The molecule has 0 spiro atoms. The number of rotatable bonds is 4. The molecule has 1 unspecified atom stereocenters. The molecule has 3 aromatic heterocycles. The van der Waals surface area contributed by atoms with E-state index in [1.807, 2.05) is 34.8 Å². The molecule has 2 N–H and O–H groups in total. The molecule has 25 heavy (non-hydrogen) atoms. The summed E-state index contributed by atoms with van der Waals surface area (Å²) in [7, 11) is 1.92. The first-order valence-corrected chi connectivity index (χ1v) is 9.50. The highest BCUT2D eigenvalue weighted by atomic mass is 79.9. The molecule has 0 aromatic carbocycles. The van der Waals surface area contributed by atoms with E-state index >= 15 is 0 Å². The van der Waals surface area contributed by atoms with Crippen molar-refractivity contribution in [1.29, 1.82) is 0 Å². The Labute approximate surface area is 155 Å². The van der Waals surface area contributed by atoms with Crippen LogP contribution >= 0.6 is 15.9 Å². The van der Waals surface area contributed by atoms with Gasteiger partial charge in [0, 0.05) is 43.4 Å². The van der Waals surface area contributed by atoms with Crippen molar-refractivity contribution in [3.8, 4) is 11.1 Å². The minimum atomic E-state index is 0.404. The minimum absolute atomic E-state index is 0.404. The van der Waals surface area contributed by atoms with Crippen LogP contribution in [0.5, 0.6) is 0 Å². The first kappa shape index (κ1) is 16.5. The topological polar surface area (TPSA) is 72.1 Å². The number of aryl methyl sites for hydroxylation is 1. The standard InChI is InChI=1S/C17H22BrN7/c1-3-24-10-12(8-21-24)13-9-22-25-16(13)23-15(14(18)17(25)19-2)11-5-4-6-20-7-11/h8-11,19-20H,3-7H2,1-2H3. The van der Waals surface area contributed by atoms with Gasteiger partial charge in [0.05, 0.1) is 22.6 Å². The maximum atomic E-state index is 5.02. The molecule has 4 rings (SSSR count). The highest BCUT2D eigenvalue weighted by Gasteiger charge is 2.24. The largest absolute Gasteiger partial charge is 0.372 e. The van der Waals surface area contributed by atoms with Crippen molar-refractivity contribution in [2.75, 3.05) is 25.5 Å². The van der Waals surface area contributed by atoms with E-state index in [2.05, 4.69) is 43.7 Å². The van der Waals surface area contributed by atoms with Crippen molar-refractivity contribution in [1.82, 2.24) is 29.7 Å². The lowest BCUT2D eigenvalue weighted by molar-refractivity contribution is 0.453. The van der Waals surface area contributed by atoms with Crippen LogP contribution in [0.3, 0.4) is 0 Å². The van der Waals surface area contributed by atoms with Crippen molar-refractivity contribution in [3.05, 3.63) is 28.8 Å². The van der Waals surface area contributed by atoms with Crippen LogP contribution in [0, 0.1) is 0 Å². The highest BCUT2D eigenvalue weighted by Crippen LogP contribution is 2.36. The van der Waals surface area contributed by atoms with Gasteiger partial charge < -0.3 is 10.6 Å². The molecule has 0 radical (unpaired) electrons. The Morgan fingerprint density at radius 2 is 2.24 bits per heavy atom. The Morgan fingerprint density at radius 3 is 2.92 bits per heavy atom. The molecule has 0 aliphatic carbocycles. The molecule has 8 heteroatoms. The van der Waals surface area contributed by atoms with Crippen LogP contribution in [0.25, 0.3) is 16.8 Å². The van der Waals surface area contributed by atoms with Crippen molar-refractivity contribution < 1.29 is 0 Å². The van der Waals surface area contributed by atoms with Crippen LogP contribution in [0.15, 0.2) is 23.1 Å². The molecular weight excluding hydrogens is 382 g/mol. The third-order valence-corrected chi connectivity index (χ3v) is 5.59. The van der Waals surface area contributed by atoms with E-state index in [4.69, 9.17) is 4.98 Å². The van der Waals surface area contributed by atoms with Gasteiger partial charge in [-0.3, -0.25) is 4.68 Å². The predicted octanol–water partition coefficient (Wildman–Crippen LogP) is 2.88. The SMILES string of the molecule is CCn1cc(-c2cnn3c(NC)c(Br)c(C4CCCNC4)nc23)cn1. The zero-order valence-corrected chi connectivity index (χ0v) is 16.0. The van der Waals surface area contributed by atoms with Crippen molar-refractivity contribution >= 4 is 27.4 Å². The van der Waals surface area contributed by atoms with Crippen LogP contribution in [-0.4, -0.2) is 44.5 Å². The van der Waals surface area contributed by atoms with Crippen LogP contribution < -0.4 is 10.6 Å². The number of hydrogen-bond donors (Lipinski definition) is 2. The number of nitrogens with zero attached hydrogens (tertiary/aromatic N) is 5. The Balaban J connectivity index is 1.89. The lowest BCUT2D eigenvalue weighted by Gasteiger charge is -2.24.